The minimum Gasteiger partial charge on any atom is -0.462 e. The molecule has 0 aliphatic carbocycles. The maximum Gasteiger partial charge on any atom is 0.472 e. The number of hydrogen-bond donors (Lipinski definition) is 3. The maximum atomic E-state index is 13.1. The summed E-state index contributed by atoms with van der Waals surface area (Å²) in [5.41, 5.74) is 0. The minimum absolute atomic E-state index is 0.108. The van der Waals surface area contributed by atoms with Gasteiger partial charge in [0, 0.05) is 25.7 Å². The molecule has 0 aliphatic rings. The fourth-order valence-corrected chi connectivity index (χ4v) is 14.3. The Morgan fingerprint density at radius 3 is 0.673 bits per heavy atom. The fraction of sp³-hybridized carbons (Fsp3) is 0.951. The summed E-state index contributed by atoms with van der Waals surface area (Å²) >= 11 is 0. The van der Waals surface area contributed by atoms with E-state index in [2.05, 4.69) is 41.5 Å². The monoisotopic (exact) mass is 1480 g/mol. The molecule has 19 heteroatoms. The summed E-state index contributed by atoms with van der Waals surface area (Å²) in [7, 11) is -9.92. The van der Waals surface area contributed by atoms with E-state index in [4.69, 9.17) is 37.0 Å². The van der Waals surface area contributed by atoms with E-state index in [0.29, 0.717) is 25.7 Å². The van der Waals surface area contributed by atoms with Crippen molar-refractivity contribution >= 4 is 39.5 Å². The molecule has 0 amide bonds. The fourth-order valence-electron chi connectivity index (χ4n) is 12.7. The van der Waals surface area contributed by atoms with Crippen molar-refractivity contribution in [3.63, 3.8) is 0 Å². The molecular formula is C82H160O17P2. The zero-order chi connectivity index (χ0) is 74.2. The normalized spacial score (nSPS) is 13.9. The zero-order valence-corrected chi connectivity index (χ0v) is 68.0. The van der Waals surface area contributed by atoms with Gasteiger partial charge in [-0.2, -0.15) is 0 Å². The van der Waals surface area contributed by atoms with Gasteiger partial charge in [-0.3, -0.25) is 37.3 Å². The van der Waals surface area contributed by atoms with Crippen molar-refractivity contribution in [1.82, 2.24) is 0 Å². The molecule has 0 rings (SSSR count). The second-order valence-corrected chi connectivity index (χ2v) is 33.4. The number of phosphoric ester groups is 2. The molecule has 0 radical (unpaired) electrons. The van der Waals surface area contributed by atoms with Crippen molar-refractivity contribution in [3.05, 3.63) is 0 Å². The van der Waals surface area contributed by atoms with Gasteiger partial charge in [-0.1, -0.05) is 382 Å². The highest BCUT2D eigenvalue weighted by Crippen LogP contribution is 2.45. The molecule has 0 saturated carbocycles. The maximum absolute atomic E-state index is 13.1. The molecule has 101 heavy (non-hydrogen) atoms. The molecular weight excluding hydrogens is 1320 g/mol. The number of phosphoric acid groups is 2. The van der Waals surface area contributed by atoms with Crippen molar-refractivity contribution in [2.75, 3.05) is 39.6 Å². The largest absolute Gasteiger partial charge is 0.472 e. The molecule has 0 saturated heterocycles. The van der Waals surface area contributed by atoms with Crippen LogP contribution < -0.4 is 0 Å². The summed E-state index contributed by atoms with van der Waals surface area (Å²) in [5, 5.41) is 10.6. The molecule has 17 nitrogen and oxygen atoms in total. The summed E-state index contributed by atoms with van der Waals surface area (Å²) in [6, 6.07) is 0. The third kappa shape index (κ3) is 76.1. The third-order valence-electron chi connectivity index (χ3n) is 19.2. The van der Waals surface area contributed by atoms with Gasteiger partial charge in [0.1, 0.15) is 19.3 Å². The van der Waals surface area contributed by atoms with Crippen LogP contribution in [0.5, 0.6) is 0 Å². The molecule has 0 aromatic rings. The van der Waals surface area contributed by atoms with Crippen LogP contribution in [-0.2, 0) is 65.4 Å². The number of aliphatic hydroxyl groups excluding tert-OH is 1. The van der Waals surface area contributed by atoms with Crippen LogP contribution in [0.15, 0.2) is 0 Å². The second-order valence-electron chi connectivity index (χ2n) is 30.5. The lowest BCUT2D eigenvalue weighted by Crippen LogP contribution is -2.30. The lowest BCUT2D eigenvalue weighted by Gasteiger charge is -2.21. The highest BCUT2D eigenvalue weighted by atomic mass is 31.2. The van der Waals surface area contributed by atoms with Gasteiger partial charge in [0.25, 0.3) is 0 Å². The van der Waals surface area contributed by atoms with Gasteiger partial charge in [-0.25, -0.2) is 9.13 Å². The molecule has 0 fully saturated rings. The van der Waals surface area contributed by atoms with E-state index < -0.39 is 97.5 Å². The lowest BCUT2D eigenvalue weighted by molar-refractivity contribution is -0.161. The summed E-state index contributed by atoms with van der Waals surface area (Å²) in [6.07, 6.45) is 63.8. The SMILES string of the molecule is CCCCCCCCCCCCCCCCCC(=O)OC[C@H](COP(=O)(O)OC[C@@H](O)COP(=O)(O)OC[C@@H](COC(=O)CCCCCCCCCCCC(C)C)OC(=O)CCCCCCCCCCCCCCC)OC(=O)CCCCCCCCCCCCCCCCCCCCC(C)C. The molecule has 0 heterocycles. The lowest BCUT2D eigenvalue weighted by atomic mass is 10.0. The average Bonchev–Trinajstić information content (AvgIpc) is 0.925. The standard InChI is InChI=1S/C82H160O17P2/c1-7-9-11-13-15-17-19-21-26-31-34-40-46-52-58-64-79(84)92-70-77(98-82(87)67-61-55-49-42-36-32-28-25-23-22-24-27-30-33-38-44-50-56-62-74(3)4)72-96-100(88,89)94-68-76(83)69-95-101(90,91)97-73-78(71-93-80(85)65-59-53-47-43-37-39-45-51-57-63-75(5)6)99-81(86)66-60-54-48-41-35-29-20-18-16-14-12-10-8-2/h74-78,83H,7-73H2,1-6H3,(H,88,89)(H,90,91)/t76-,77-,78-/m1/s1. The first-order valence-corrected chi connectivity index (χ1v) is 45.5. The Morgan fingerprint density at radius 1 is 0.267 bits per heavy atom. The van der Waals surface area contributed by atoms with Gasteiger partial charge in [-0.05, 0) is 37.5 Å². The first-order chi connectivity index (χ1) is 48.9. The molecule has 0 aromatic heterocycles. The van der Waals surface area contributed by atoms with Crippen molar-refractivity contribution in [3.8, 4) is 0 Å². The molecule has 0 aromatic carbocycles. The van der Waals surface area contributed by atoms with Gasteiger partial charge in [0.15, 0.2) is 12.2 Å². The van der Waals surface area contributed by atoms with Crippen molar-refractivity contribution in [2.45, 2.75) is 452 Å². The number of hydrogen-bond acceptors (Lipinski definition) is 15. The molecule has 2 unspecified atom stereocenters. The molecule has 5 atom stereocenters. The van der Waals surface area contributed by atoms with E-state index in [-0.39, 0.29) is 25.7 Å². The average molecular weight is 1480 g/mol. The topological polar surface area (TPSA) is 237 Å². The zero-order valence-electron chi connectivity index (χ0n) is 66.2. The van der Waals surface area contributed by atoms with E-state index >= 15 is 0 Å². The Morgan fingerprint density at radius 2 is 0.455 bits per heavy atom. The number of carbonyl (C=O) groups is 4. The van der Waals surface area contributed by atoms with Crippen LogP contribution in [0.2, 0.25) is 0 Å². The summed E-state index contributed by atoms with van der Waals surface area (Å²) in [5.74, 6) is -0.541. The predicted octanol–water partition coefficient (Wildman–Crippen LogP) is 24.7. The quantitative estimate of drug-likeness (QED) is 0.0222. The van der Waals surface area contributed by atoms with E-state index in [1.54, 1.807) is 0 Å². The number of unbranched alkanes of at least 4 members (excludes halogenated alkanes) is 51. The summed E-state index contributed by atoms with van der Waals surface area (Å²) in [6.45, 7) is 9.66. The first-order valence-electron chi connectivity index (χ1n) is 42.5. The van der Waals surface area contributed by atoms with Crippen LogP contribution in [0.3, 0.4) is 0 Å². The third-order valence-corrected chi connectivity index (χ3v) is 21.1. The van der Waals surface area contributed by atoms with Crippen molar-refractivity contribution in [1.29, 1.82) is 0 Å². The van der Waals surface area contributed by atoms with Crippen molar-refractivity contribution < 1.29 is 80.2 Å². The molecule has 600 valence electrons. The smallest absolute Gasteiger partial charge is 0.462 e. The predicted molar refractivity (Wildman–Crippen MR) is 414 cm³/mol. The van der Waals surface area contributed by atoms with E-state index in [1.807, 2.05) is 0 Å². The van der Waals surface area contributed by atoms with E-state index in [1.165, 1.54) is 250 Å². The van der Waals surface area contributed by atoms with Crippen LogP contribution >= 0.6 is 15.6 Å². The van der Waals surface area contributed by atoms with Gasteiger partial charge >= 0.3 is 39.5 Å². The van der Waals surface area contributed by atoms with E-state index in [9.17, 15) is 43.2 Å². The molecule has 0 bridgehead atoms. The Labute approximate surface area is 619 Å². The number of esters is 4. The highest BCUT2D eigenvalue weighted by Gasteiger charge is 2.30. The highest BCUT2D eigenvalue weighted by molar-refractivity contribution is 7.47. The van der Waals surface area contributed by atoms with Crippen LogP contribution in [0.4, 0.5) is 0 Å². The minimum atomic E-state index is -4.96. The number of carbonyl (C=O) groups excluding carboxylic acids is 4. The Hall–Kier alpha value is -1.94. The van der Waals surface area contributed by atoms with E-state index in [0.717, 1.165) is 102 Å². The van der Waals surface area contributed by atoms with Gasteiger partial charge in [-0.15, -0.1) is 0 Å². The van der Waals surface area contributed by atoms with Crippen LogP contribution in [0, 0.1) is 11.8 Å². The van der Waals surface area contributed by atoms with Crippen molar-refractivity contribution in [2.24, 2.45) is 11.8 Å². The van der Waals surface area contributed by atoms with Crippen LogP contribution in [0.25, 0.3) is 0 Å². The Kier molecular flexibility index (Phi) is 72.2. The van der Waals surface area contributed by atoms with Gasteiger partial charge in [0.05, 0.1) is 26.4 Å². The van der Waals surface area contributed by atoms with Gasteiger partial charge < -0.3 is 33.8 Å². The first kappa shape index (κ1) is 99.1. The Bertz CT molecular complexity index is 1940. The number of aliphatic hydroxyl groups is 1. The van der Waals surface area contributed by atoms with Crippen LogP contribution in [0.1, 0.15) is 433 Å². The summed E-state index contributed by atoms with van der Waals surface area (Å²) in [4.78, 5) is 73.1. The Balaban J connectivity index is 5.23. The molecule has 0 aliphatic heterocycles. The van der Waals surface area contributed by atoms with Crippen LogP contribution in [-0.4, -0.2) is 96.7 Å². The summed E-state index contributed by atoms with van der Waals surface area (Å²) < 4.78 is 68.8. The molecule has 0 spiro atoms. The van der Waals surface area contributed by atoms with Gasteiger partial charge in [0.2, 0.25) is 0 Å². The molecule has 3 N–H and O–H groups in total. The second kappa shape index (κ2) is 73.6. The number of rotatable bonds is 81. The number of ether oxygens (including phenoxy) is 4.